The average molecular weight is 577 g/mol. The van der Waals surface area contributed by atoms with Gasteiger partial charge in [0.25, 0.3) is 0 Å². The van der Waals surface area contributed by atoms with Gasteiger partial charge in [-0.05, 0) is 70.3 Å². The molecule has 0 bridgehead atoms. The van der Waals surface area contributed by atoms with Crippen LogP contribution in [0.1, 0.15) is 194 Å². The molecule has 0 spiro atoms. The fraction of sp³-hybridized carbons (Fsp3) is 0.838. The van der Waals surface area contributed by atoms with Crippen molar-refractivity contribution in [2.45, 2.75) is 200 Å². The van der Waals surface area contributed by atoms with Gasteiger partial charge < -0.3 is 9.84 Å². The lowest BCUT2D eigenvalue weighted by atomic mass is 10.1. The largest absolute Gasteiger partial charge is 0.481 e. The molecule has 0 aromatic heterocycles. The van der Waals surface area contributed by atoms with Crippen molar-refractivity contribution in [3.05, 3.63) is 24.3 Å². The molecule has 0 aromatic carbocycles. The molecule has 41 heavy (non-hydrogen) atoms. The Morgan fingerprint density at radius 1 is 0.537 bits per heavy atom. The molecule has 0 aliphatic carbocycles. The minimum Gasteiger partial charge on any atom is -0.481 e. The van der Waals surface area contributed by atoms with Gasteiger partial charge in [0.1, 0.15) is 6.10 Å². The smallest absolute Gasteiger partial charge is 0.306 e. The van der Waals surface area contributed by atoms with Crippen LogP contribution in [0.25, 0.3) is 0 Å². The Morgan fingerprint density at radius 2 is 0.951 bits per heavy atom. The first-order valence-electron chi connectivity index (χ1n) is 17.8. The highest BCUT2D eigenvalue weighted by Gasteiger charge is 2.11. The van der Waals surface area contributed by atoms with E-state index in [2.05, 4.69) is 38.2 Å². The number of allylic oxidation sites excluding steroid dienone is 3. The summed E-state index contributed by atoms with van der Waals surface area (Å²) in [5.41, 5.74) is 0. The summed E-state index contributed by atoms with van der Waals surface area (Å²) in [5.74, 6) is -0.793. The molecule has 0 amide bonds. The Kier molecular flexibility index (Phi) is 31.7. The summed E-state index contributed by atoms with van der Waals surface area (Å²) in [6.07, 6.45) is 40.6. The third kappa shape index (κ3) is 32.8. The molecule has 0 fully saturated rings. The highest BCUT2D eigenvalue weighted by Crippen LogP contribution is 2.15. The van der Waals surface area contributed by atoms with E-state index in [4.69, 9.17) is 9.84 Å². The van der Waals surface area contributed by atoms with Crippen LogP contribution in [-0.4, -0.2) is 23.1 Å². The van der Waals surface area contributed by atoms with Gasteiger partial charge in [0.2, 0.25) is 0 Å². The Bertz CT molecular complexity index is 624. The third-order valence-electron chi connectivity index (χ3n) is 7.88. The van der Waals surface area contributed by atoms with Gasteiger partial charge in [-0.25, -0.2) is 0 Å². The molecule has 0 saturated heterocycles. The fourth-order valence-corrected chi connectivity index (χ4v) is 5.20. The zero-order chi connectivity index (χ0) is 30.1. The van der Waals surface area contributed by atoms with Gasteiger partial charge in [-0.15, -0.1) is 0 Å². The van der Waals surface area contributed by atoms with Gasteiger partial charge >= 0.3 is 11.9 Å². The minimum absolute atomic E-state index is 0.0709. The summed E-state index contributed by atoms with van der Waals surface area (Å²) in [7, 11) is 0. The minimum atomic E-state index is -0.722. The predicted octanol–water partition coefficient (Wildman–Crippen LogP) is 12.1. The zero-order valence-corrected chi connectivity index (χ0v) is 27.4. The first-order valence-corrected chi connectivity index (χ1v) is 17.8. The van der Waals surface area contributed by atoms with Crippen LogP contribution in [0.4, 0.5) is 0 Å². The zero-order valence-electron chi connectivity index (χ0n) is 27.4. The van der Waals surface area contributed by atoms with Gasteiger partial charge in [-0.1, -0.05) is 135 Å². The van der Waals surface area contributed by atoms with Crippen LogP contribution < -0.4 is 0 Å². The number of carbonyl (C=O) groups is 2. The highest BCUT2D eigenvalue weighted by atomic mass is 16.5. The summed E-state index contributed by atoms with van der Waals surface area (Å²) in [5, 5.41) is 8.80. The maximum absolute atomic E-state index is 12.5. The summed E-state index contributed by atoms with van der Waals surface area (Å²) < 4.78 is 5.85. The summed E-state index contributed by atoms with van der Waals surface area (Å²) in [4.78, 5) is 23.2. The van der Waals surface area contributed by atoms with E-state index in [0.717, 1.165) is 51.4 Å². The van der Waals surface area contributed by atoms with E-state index in [9.17, 15) is 9.59 Å². The van der Waals surface area contributed by atoms with Crippen LogP contribution >= 0.6 is 0 Å². The van der Waals surface area contributed by atoms with E-state index in [-0.39, 0.29) is 18.5 Å². The molecule has 0 radical (unpaired) electrons. The number of hydrogen-bond acceptors (Lipinski definition) is 3. The number of ether oxygens (including phenoxy) is 1. The third-order valence-corrected chi connectivity index (χ3v) is 7.88. The first kappa shape index (κ1) is 39.4. The Balaban J connectivity index is 3.99. The van der Waals surface area contributed by atoms with Gasteiger partial charge in [0.05, 0.1) is 0 Å². The molecule has 0 rings (SSSR count). The van der Waals surface area contributed by atoms with E-state index in [1.54, 1.807) is 0 Å². The molecule has 0 aliphatic heterocycles. The van der Waals surface area contributed by atoms with Crippen LogP contribution in [0.3, 0.4) is 0 Å². The quantitative estimate of drug-likeness (QED) is 0.0491. The average Bonchev–Trinajstić information content (AvgIpc) is 2.95. The van der Waals surface area contributed by atoms with Crippen molar-refractivity contribution in [1.82, 2.24) is 0 Å². The van der Waals surface area contributed by atoms with Crippen LogP contribution in [0, 0.1) is 0 Å². The molecular formula is C37H68O4. The molecule has 4 nitrogen and oxygen atoms in total. The SMILES string of the molecule is CCCCCCCC/C=C\C(CCCCCCC(=O)O)OC(=O)CCCCCCC/C=C\CCCCCCCCC. The Labute approximate surface area is 255 Å². The lowest BCUT2D eigenvalue weighted by Gasteiger charge is -2.15. The van der Waals surface area contributed by atoms with Crippen molar-refractivity contribution in [3.63, 3.8) is 0 Å². The number of hydrogen-bond donors (Lipinski definition) is 1. The summed E-state index contributed by atoms with van der Waals surface area (Å²) in [6, 6.07) is 0. The maximum atomic E-state index is 12.5. The van der Waals surface area contributed by atoms with Gasteiger partial charge in [-0.3, -0.25) is 9.59 Å². The molecule has 0 saturated carbocycles. The topological polar surface area (TPSA) is 63.6 Å². The number of carbonyl (C=O) groups excluding carboxylic acids is 1. The second kappa shape index (κ2) is 32.9. The van der Waals surface area contributed by atoms with Gasteiger partial charge in [0.15, 0.2) is 0 Å². The van der Waals surface area contributed by atoms with Crippen LogP contribution in [0.5, 0.6) is 0 Å². The van der Waals surface area contributed by atoms with E-state index >= 15 is 0 Å². The Hall–Kier alpha value is -1.58. The van der Waals surface area contributed by atoms with Crippen molar-refractivity contribution in [2.24, 2.45) is 0 Å². The molecule has 4 heteroatoms. The van der Waals surface area contributed by atoms with Crippen molar-refractivity contribution in [2.75, 3.05) is 0 Å². The predicted molar refractivity (Wildman–Crippen MR) is 176 cm³/mol. The standard InChI is InChI=1S/C37H68O4/c1-3-5-7-9-11-13-14-15-16-17-18-19-20-22-24-30-34-37(40)41-35(32-28-25-26-29-33-36(38)39)31-27-23-21-12-10-8-6-4-2/h16-17,27,31,35H,3-15,18-26,28-30,32-34H2,1-2H3,(H,38,39)/b17-16-,31-27-. The van der Waals surface area contributed by atoms with Crippen molar-refractivity contribution in [1.29, 1.82) is 0 Å². The molecule has 240 valence electrons. The maximum Gasteiger partial charge on any atom is 0.306 e. The highest BCUT2D eigenvalue weighted by molar-refractivity contribution is 5.69. The fourth-order valence-electron chi connectivity index (χ4n) is 5.20. The van der Waals surface area contributed by atoms with Crippen LogP contribution in [0.2, 0.25) is 0 Å². The number of carboxylic acid groups (broad SMARTS) is 1. The number of aliphatic carboxylic acids is 1. The van der Waals surface area contributed by atoms with Crippen molar-refractivity contribution in [3.8, 4) is 0 Å². The summed E-state index contributed by atoms with van der Waals surface area (Å²) in [6.45, 7) is 4.52. The number of unbranched alkanes of at least 4 members (excludes halogenated alkanes) is 21. The normalized spacial score (nSPS) is 12.4. The lowest BCUT2D eigenvalue weighted by molar-refractivity contribution is -0.147. The van der Waals surface area contributed by atoms with E-state index in [0.29, 0.717) is 6.42 Å². The number of carboxylic acids is 1. The molecule has 0 aliphatic rings. The van der Waals surface area contributed by atoms with Crippen molar-refractivity contribution < 1.29 is 19.4 Å². The number of rotatable bonds is 32. The molecule has 1 unspecified atom stereocenters. The lowest BCUT2D eigenvalue weighted by Crippen LogP contribution is -2.16. The van der Waals surface area contributed by atoms with E-state index in [1.807, 2.05) is 0 Å². The van der Waals surface area contributed by atoms with Gasteiger partial charge in [-0.2, -0.15) is 0 Å². The molecule has 1 atom stereocenters. The first-order chi connectivity index (χ1) is 20.1. The second-order valence-corrected chi connectivity index (χ2v) is 12.0. The Morgan fingerprint density at radius 3 is 1.46 bits per heavy atom. The van der Waals surface area contributed by atoms with Gasteiger partial charge in [0, 0.05) is 12.8 Å². The van der Waals surface area contributed by atoms with E-state index < -0.39 is 5.97 Å². The molecular weight excluding hydrogens is 508 g/mol. The number of esters is 1. The second-order valence-electron chi connectivity index (χ2n) is 12.0. The molecule has 0 aromatic rings. The van der Waals surface area contributed by atoms with E-state index in [1.165, 1.54) is 116 Å². The summed E-state index contributed by atoms with van der Waals surface area (Å²) >= 11 is 0. The molecule has 0 heterocycles. The monoisotopic (exact) mass is 577 g/mol. The van der Waals surface area contributed by atoms with Crippen molar-refractivity contribution >= 4 is 11.9 Å². The van der Waals surface area contributed by atoms with Crippen LogP contribution in [0.15, 0.2) is 24.3 Å². The van der Waals surface area contributed by atoms with Crippen LogP contribution in [-0.2, 0) is 14.3 Å². The molecule has 1 N–H and O–H groups in total.